The Hall–Kier alpha value is -0.590. The number of aldehydes is 1. The first-order valence-corrected chi connectivity index (χ1v) is 4.52. The third-order valence-electron chi connectivity index (χ3n) is 2.46. The molecule has 0 heterocycles. The first-order valence-electron chi connectivity index (χ1n) is 4.52. The van der Waals surface area contributed by atoms with Gasteiger partial charge in [-0.25, -0.2) is 0 Å². The van der Waals surface area contributed by atoms with Gasteiger partial charge in [0.15, 0.2) is 0 Å². The van der Waals surface area contributed by atoms with Gasteiger partial charge in [-0.05, 0) is 32.1 Å². The van der Waals surface area contributed by atoms with Crippen LogP contribution >= 0.6 is 0 Å². The van der Waals surface area contributed by atoms with E-state index in [1.807, 2.05) is 0 Å². The molecule has 1 aliphatic rings. The highest BCUT2D eigenvalue weighted by Gasteiger charge is 2.09. The van der Waals surface area contributed by atoms with Crippen LogP contribution in [0.25, 0.3) is 0 Å². The Morgan fingerprint density at radius 2 is 1.91 bits per heavy atom. The maximum absolute atomic E-state index is 10.3. The first-order chi connectivity index (χ1) is 5.38. The number of hydrogen-bond donors (Lipinski definition) is 0. The molecule has 0 aliphatic heterocycles. The topological polar surface area (TPSA) is 17.1 Å². The lowest BCUT2D eigenvalue weighted by Gasteiger charge is -2.17. The maximum Gasteiger partial charge on any atom is 0.124 e. The highest BCUT2D eigenvalue weighted by molar-refractivity contribution is 5.55. The fourth-order valence-corrected chi connectivity index (χ4v) is 1.80. The number of carbonyl (C=O) groups is 1. The van der Waals surface area contributed by atoms with Crippen molar-refractivity contribution >= 4 is 6.29 Å². The fraction of sp³-hybridized carbons (Fsp3) is 0.700. The molecule has 1 nitrogen and oxygen atoms in total. The van der Waals surface area contributed by atoms with Crippen molar-refractivity contribution < 1.29 is 4.79 Å². The Labute approximate surface area is 68.5 Å². The van der Waals surface area contributed by atoms with Gasteiger partial charge in [0, 0.05) is 6.42 Å². The molecule has 0 aromatic heterocycles. The summed E-state index contributed by atoms with van der Waals surface area (Å²) in [7, 11) is 0. The molecule has 0 aromatic carbocycles. The summed E-state index contributed by atoms with van der Waals surface area (Å²) in [5, 5.41) is 0. The standard InChI is InChI=1S/C10H16O/c1-2-9-5-3-4-6-10(9)7-8-11/h8H,2-7H2,1H3. The Morgan fingerprint density at radius 1 is 1.27 bits per heavy atom. The molecular weight excluding hydrogens is 136 g/mol. The predicted molar refractivity (Wildman–Crippen MR) is 46.5 cm³/mol. The maximum atomic E-state index is 10.3. The molecule has 0 atom stereocenters. The van der Waals surface area contributed by atoms with Gasteiger partial charge >= 0.3 is 0 Å². The average Bonchev–Trinajstić information content (AvgIpc) is 2.06. The van der Waals surface area contributed by atoms with E-state index in [4.69, 9.17) is 0 Å². The molecule has 0 N–H and O–H groups in total. The summed E-state index contributed by atoms with van der Waals surface area (Å²) in [6.07, 6.45) is 7.88. The van der Waals surface area contributed by atoms with Gasteiger partial charge in [-0.15, -0.1) is 0 Å². The molecule has 0 spiro atoms. The van der Waals surface area contributed by atoms with Gasteiger partial charge in [0.1, 0.15) is 6.29 Å². The van der Waals surface area contributed by atoms with E-state index in [1.54, 1.807) is 5.57 Å². The summed E-state index contributed by atoms with van der Waals surface area (Å²) in [4.78, 5) is 10.3. The molecule has 0 unspecified atom stereocenters. The Bertz CT molecular complexity index is 168. The molecular formula is C10H16O. The van der Waals surface area contributed by atoms with Crippen molar-refractivity contribution in [2.45, 2.75) is 45.4 Å². The molecule has 0 fully saturated rings. The van der Waals surface area contributed by atoms with E-state index in [1.165, 1.54) is 31.3 Å². The zero-order valence-electron chi connectivity index (χ0n) is 7.23. The van der Waals surface area contributed by atoms with Crippen LogP contribution in [0.3, 0.4) is 0 Å². The summed E-state index contributed by atoms with van der Waals surface area (Å²) in [6.45, 7) is 2.19. The molecule has 1 aliphatic carbocycles. The van der Waals surface area contributed by atoms with E-state index in [0.29, 0.717) is 6.42 Å². The molecule has 11 heavy (non-hydrogen) atoms. The predicted octanol–water partition coefficient (Wildman–Crippen LogP) is 2.86. The SMILES string of the molecule is CCC1=C(CC=O)CCCC1. The second-order valence-corrected chi connectivity index (χ2v) is 3.14. The van der Waals surface area contributed by atoms with Crippen molar-refractivity contribution in [2.24, 2.45) is 0 Å². The van der Waals surface area contributed by atoms with E-state index in [2.05, 4.69) is 6.92 Å². The van der Waals surface area contributed by atoms with E-state index in [9.17, 15) is 4.79 Å². The molecule has 0 bridgehead atoms. The summed E-state index contributed by atoms with van der Waals surface area (Å²) in [6, 6.07) is 0. The lowest BCUT2D eigenvalue weighted by Crippen LogP contribution is -1.99. The van der Waals surface area contributed by atoms with Crippen molar-refractivity contribution in [3.63, 3.8) is 0 Å². The Balaban J connectivity index is 2.64. The highest BCUT2D eigenvalue weighted by Crippen LogP contribution is 2.27. The van der Waals surface area contributed by atoms with Crippen molar-refractivity contribution in [3.8, 4) is 0 Å². The lowest BCUT2D eigenvalue weighted by atomic mass is 9.89. The summed E-state index contributed by atoms with van der Waals surface area (Å²) in [5.41, 5.74) is 2.97. The van der Waals surface area contributed by atoms with Crippen molar-refractivity contribution in [1.29, 1.82) is 0 Å². The molecule has 1 heteroatoms. The third-order valence-corrected chi connectivity index (χ3v) is 2.46. The van der Waals surface area contributed by atoms with Crippen molar-refractivity contribution in [2.75, 3.05) is 0 Å². The molecule has 0 radical (unpaired) electrons. The molecule has 0 amide bonds. The number of carbonyl (C=O) groups excluding carboxylic acids is 1. The molecule has 0 aromatic rings. The Morgan fingerprint density at radius 3 is 2.45 bits per heavy atom. The van der Waals surface area contributed by atoms with Crippen LogP contribution < -0.4 is 0 Å². The van der Waals surface area contributed by atoms with Gasteiger partial charge < -0.3 is 4.79 Å². The van der Waals surface area contributed by atoms with Crippen LogP contribution in [0, 0.1) is 0 Å². The van der Waals surface area contributed by atoms with Gasteiger partial charge in [-0.2, -0.15) is 0 Å². The number of allylic oxidation sites excluding steroid dienone is 2. The average molecular weight is 152 g/mol. The zero-order valence-corrected chi connectivity index (χ0v) is 7.23. The van der Waals surface area contributed by atoms with Crippen LogP contribution in [0.5, 0.6) is 0 Å². The first kappa shape index (κ1) is 8.51. The van der Waals surface area contributed by atoms with Gasteiger partial charge in [0.05, 0.1) is 0 Å². The number of hydrogen-bond acceptors (Lipinski definition) is 1. The van der Waals surface area contributed by atoms with Crippen molar-refractivity contribution in [1.82, 2.24) is 0 Å². The minimum absolute atomic E-state index is 0.684. The smallest absolute Gasteiger partial charge is 0.124 e. The van der Waals surface area contributed by atoms with Gasteiger partial charge in [-0.1, -0.05) is 18.1 Å². The fourth-order valence-electron chi connectivity index (χ4n) is 1.80. The van der Waals surface area contributed by atoms with Crippen LogP contribution in [-0.2, 0) is 4.79 Å². The van der Waals surface area contributed by atoms with Crippen LogP contribution in [0.2, 0.25) is 0 Å². The molecule has 0 saturated carbocycles. The van der Waals surface area contributed by atoms with E-state index < -0.39 is 0 Å². The van der Waals surface area contributed by atoms with Gasteiger partial charge in [0.2, 0.25) is 0 Å². The minimum atomic E-state index is 0.684. The summed E-state index contributed by atoms with van der Waals surface area (Å²) in [5.74, 6) is 0. The molecule has 1 rings (SSSR count). The van der Waals surface area contributed by atoms with Crippen LogP contribution in [0.4, 0.5) is 0 Å². The highest BCUT2D eigenvalue weighted by atomic mass is 16.1. The second kappa shape index (κ2) is 4.32. The monoisotopic (exact) mass is 152 g/mol. The summed E-state index contributed by atoms with van der Waals surface area (Å²) < 4.78 is 0. The van der Waals surface area contributed by atoms with Crippen LogP contribution in [0.15, 0.2) is 11.1 Å². The van der Waals surface area contributed by atoms with E-state index >= 15 is 0 Å². The minimum Gasteiger partial charge on any atom is -0.303 e. The van der Waals surface area contributed by atoms with Crippen LogP contribution in [0.1, 0.15) is 45.4 Å². The Kier molecular flexibility index (Phi) is 3.34. The zero-order chi connectivity index (χ0) is 8.10. The molecule has 62 valence electrons. The normalized spacial score (nSPS) is 18.6. The van der Waals surface area contributed by atoms with Crippen LogP contribution in [-0.4, -0.2) is 6.29 Å². The van der Waals surface area contributed by atoms with Gasteiger partial charge in [0.25, 0.3) is 0 Å². The largest absolute Gasteiger partial charge is 0.303 e. The van der Waals surface area contributed by atoms with E-state index in [0.717, 1.165) is 12.7 Å². The van der Waals surface area contributed by atoms with E-state index in [-0.39, 0.29) is 0 Å². The number of rotatable bonds is 3. The lowest BCUT2D eigenvalue weighted by molar-refractivity contribution is -0.107. The third kappa shape index (κ3) is 2.18. The second-order valence-electron chi connectivity index (χ2n) is 3.14. The molecule has 0 saturated heterocycles. The quantitative estimate of drug-likeness (QED) is 0.449. The summed E-state index contributed by atoms with van der Waals surface area (Å²) >= 11 is 0. The van der Waals surface area contributed by atoms with Crippen molar-refractivity contribution in [3.05, 3.63) is 11.1 Å². The van der Waals surface area contributed by atoms with Gasteiger partial charge in [-0.3, -0.25) is 0 Å².